The van der Waals surface area contributed by atoms with Gasteiger partial charge in [0.05, 0.1) is 11.9 Å². The van der Waals surface area contributed by atoms with E-state index in [0.29, 0.717) is 37.7 Å². The highest BCUT2D eigenvalue weighted by Crippen LogP contribution is 2.21. The van der Waals surface area contributed by atoms with Crippen molar-refractivity contribution in [2.24, 2.45) is 12.0 Å². The lowest BCUT2D eigenvalue weighted by Gasteiger charge is -2.35. The Hall–Kier alpha value is -2.97. The number of rotatable bonds is 5. The Morgan fingerprint density at radius 3 is 2.76 bits per heavy atom. The molecular weight excluding hydrogens is 378 g/mol. The molecule has 29 heavy (non-hydrogen) atoms. The molecule has 1 aromatic heterocycles. The van der Waals surface area contributed by atoms with Gasteiger partial charge in [-0.1, -0.05) is 13.0 Å². The SMILES string of the molecule is CCNC(=NCC(C)c1ccc(F)cc1F)N1CCN(c2cnn(C)c2)C(=O)C1. The normalized spacial score (nSPS) is 16.3. The Bertz CT molecular complexity index is 897. The van der Waals surface area contributed by atoms with Crippen molar-refractivity contribution in [3.8, 4) is 0 Å². The monoisotopic (exact) mass is 404 g/mol. The minimum absolute atomic E-state index is 0.0347. The fourth-order valence-electron chi connectivity index (χ4n) is 3.32. The second-order valence-corrected chi connectivity index (χ2v) is 7.10. The van der Waals surface area contributed by atoms with Gasteiger partial charge < -0.3 is 15.1 Å². The third kappa shape index (κ3) is 4.90. The van der Waals surface area contributed by atoms with Gasteiger partial charge in [0.1, 0.15) is 18.2 Å². The van der Waals surface area contributed by atoms with Crippen molar-refractivity contribution in [2.75, 3.05) is 37.6 Å². The lowest BCUT2D eigenvalue weighted by molar-refractivity contribution is -0.120. The summed E-state index contributed by atoms with van der Waals surface area (Å²) in [5.41, 5.74) is 1.20. The molecule has 7 nitrogen and oxygen atoms in total. The molecule has 0 radical (unpaired) electrons. The van der Waals surface area contributed by atoms with Crippen LogP contribution in [0.4, 0.5) is 14.5 Å². The smallest absolute Gasteiger partial charge is 0.246 e. The molecule has 0 saturated carbocycles. The largest absolute Gasteiger partial charge is 0.357 e. The molecule has 2 aromatic rings. The molecule has 1 atom stereocenters. The molecule has 1 amide bonds. The van der Waals surface area contributed by atoms with Crippen LogP contribution >= 0.6 is 0 Å². The molecule has 0 aliphatic carbocycles. The Labute approximate surface area is 169 Å². The number of carbonyl (C=O) groups excluding carboxylic acids is 1. The number of aromatic nitrogens is 2. The average molecular weight is 404 g/mol. The van der Waals surface area contributed by atoms with Gasteiger partial charge in [-0.05, 0) is 18.6 Å². The summed E-state index contributed by atoms with van der Waals surface area (Å²) in [6, 6.07) is 3.59. The summed E-state index contributed by atoms with van der Waals surface area (Å²) in [6.07, 6.45) is 3.48. The Balaban J connectivity index is 1.68. The van der Waals surface area contributed by atoms with Crippen LogP contribution in [0.3, 0.4) is 0 Å². The van der Waals surface area contributed by atoms with Crippen LogP contribution in [0.25, 0.3) is 0 Å². The van der Waals surface area contributed by atoms with Gasteiger partial charge in [-0.25, -0.2) is 8.78 Å². The van der Waals surface area contributed by atoms with Gasteiger partial charge in [0.15, 0.2) is 5.96 Å². The van der Waals surface area contributed by atoms with E-state index in [1.807, 2.05) is 32.0 Å². The van der Waals surface area contributed by atoms with Crippen molar-refractivity contribution in [3.05, 3.63) is 47.8 Å². The highest BCUT2D eigenvalue weighted by atomic mass is 19.1. The first-order valence-electron chi connectivity index (χ1n) is 9.66. The predicted octanol–water partition coefficient (Wildman–Crippen LogP) is 2.12. The average Bonchev–Trinajstić information content (AvgIpc) is 3.10. The van der Waals surface area contributed by atoms with Crippen molar-refractivity contribution >= 4 is 17.6 Å². The fourth-order valence-corrected chi connectivity index (χ4v) is 3.32. The summed E-state index contributed by atoms with van der Waals surface area (Å²) in [5.74, 6) is -0.816. The number of hydrogen-bond acceptors (Lipinski definition) is 3. The van der Waals surface area contributed by atoms with Crippen LogP contribution in [0.5, 0.6) is 0 Å². The molecule has 1 aromatic carbocycles. The molecule has 1 saturated heterocycles. The summed E-state index contributed by atoms with van der Waals surface area (Å²) in [4.78, 5) is 20.8. The molecule has 0 bridgehead atoms. The molecule has 156 valence electrons. The summed E-state index contributed by atoms with van der Waals surface area (Å²) in [7, 11) is 1.81. The van der Waals surface area contributed by atoms with Gasteiger partial charge in [0.2, 0.25) is 5.91 Å². The van der Waals surface area contributed by atoms with Crippen molar-refractivity contribution in [3.63, 3.8) is 0 Å². The maximum absolute atomic E-state index is 14.0. The van der Waals surface area contributed by atoms with Crippen molar-refractivity contribution in [1.29, 1.82) is 0 Å². The number of amides is 1. The van der Waals surface area contributed by atoms with Crippen LogP contribution in [-0.2, 0) is 11.8 Å². The van der Waals surface area contributed by atoms with E-state index in [9.17, 15) is 13.6 Å². The number of aryl methyl sites for hydroxylation is 1. The summed E-state index contributed by atoms with van der Waals surface area (Å²) in [5, 5.41) is 7.32. The number of benzene rings is 1. The number of nitrogens with one attached hydrogen (secondary N) is 1. The second kappa shape index (κ2) is 9.02. The van der Waals surface area contributed by atoms with Gasteiger partial charge in [0.25, 0.3) is 0 Å². The lowest BCUT2D eigenvalue weighted by Crippen LogP contribution is -2.55. The Morgan fingerprint density at radius 2 is 2.14 bits per heavy atom. The number of carbonyl (C=O) groups is 1. The summed E-state index contributed by atoms with van der Waals surface area (Å²) < 4.78 is 28.8. The number of piperazine rings is 1. The molecule has 1 aliphatic heterocycles. The van der Waals surface area contributed by atoms with Crippen LogP contribution in [0, 0.1) is 11.6 Å². The van der Waals surface area contributed by atoms with E-state index in [2.05, 4.69) is 15.4 Å². The lowest BCUT2D eigenvalue weighted by atomic mass is 10.0. The second-order valence-electron chi connectivity index (χ2n) is 7.10. The molecule has 9 heteroatoms. The zero-order valence-corrected chi connectivity index (χ0v) is 16.9. The maximum atomic E-state index is 14.0. The number of anilines is 1. The van der Waals surface area contributed by atoms with Crippen LogP contribution < -0.4 is 10.2 Å². The number of hydrogen-bond donors (Lipinski definition) is 1. The standard InChI is InChI=1S/C20H26F2N6O/c1-4-23-20(24-10-14(2)17-6-5-15(21)9-18(17)22)27-7-8-28(19(29)13-27)16-11-25-26(3)12-16/h5-6,9,11-12,14H,4,7-8,10,13H2,1-3H3,(H,23,24). The minimum Gasteiger partial charge on any atom is -0.357 e. The van der Waals surface area contributed by atoms with E-state index in [1.165, 1.54) is 12.1 Å². The molecule has 2 heterocycles. The van der Waals surface area contributed by atoms with E-state index in [1.54, 1.807) is 15.8 Å². The highest BCUT2D eigenvalue weighted by molar-refractivity contribution is 5.98. The summed E-state index contributed by atoms with van der Waals surface area (Å²) >= 11 is 0. The Kier molecular flexibility index (Phi) is 6.46. The van der Waals surface area contributed by atoms with Crippen molar-refractivity contribution in [1.82, 2.24) is 20.0 Å². The van der Waals surface area contributed by atoms with E-state index in [-0.39, 0.29) is 18.4 Å². The fraction of sp³-hybridized carbons (Fsp3) is 0.450. The first-order valence-corrected chi connectivity index (χ1v) is 9.66. The van der Waals surface area contributed by atoms with E-state index in [4.69, 9.17) is 0 Å². The van der Waals surface area contributed by atoms with Crippen LogP contribution in [0.2, 0.25) is 0 Å². The van der Waals surface area contributed by atoms with Crippen molar-refractivity contribution in [2.45, 2.75) is 19.8 Å². The first kappa shape index (κ1) is 20.8. The molecule has 1 aliphatic rings. The van der Waals surface area contributed by atoms with Gasteiger partial charge >= 0.3 is 0 Å². The molecule has 0 spiro atoms. The maximum Gasteiger partial charge on any atom is 0.246 e. The quantitative estimate of drug-likeness (QED) is 0.612. The molecule has 1 unspecified atom stereocenters. The molecular formula is C20H26F2N6O. The molecule has 1 N–H and O–H groups in total. The Morgan fingerprint density at radius 1 is 1.34 bits per heavy atom. The third-order valence-corrected chi connectivity index (χ3v) is 4.87. The zero-order chi connectivity index (χ0) is 21.0. The molecule has 3 rings (SSSR count). The zero-order valence-electron chi connectivity index (χ0n) is 16.9. The van der Waals surface area contributed by atoms with Crippen LogP contribution in [0.15, 0.2) is 35.6 Å². The topological polar surface area (TPSA) is 65.8 Å². The van der Waals surface area contributed by atoms with Crippen molar-refractivity contribution < 1.29 is 13.6 Å². The van der Waals surface area contributed by atoms with E-state index < -0.39 is 11.6 Å². The van der Waals surface area contributed by atoms with E-state index >= 15 is 0 Å². The number of aliphatic imine (C=N–C) groups is 1. The predicted molar refractivity (Wildman–Crippen MR) is 108 cm³/mol. The van der Waals surface area contributed by atoms with Crippen LogP contribution in [-0.4, -0.2) is 59.3 Å². The third-order valence-electron chi connectivity index (χ3n) is 4.87. The van der Waals surface area contributed by atoms with Crippen LogP contribution in [0.1, 0.15) is 25.3 Å². The number of nitrogens with zero attached hydrogens (tertiary/aromatic N) is 5. The summed E-state index contributed by atoms with van der Waals surface area (Å²) in [6.45, 7) is 6.10. The number of guanidine groups is 1. The highest BCUT2D eigenvalue weighted by Gasteiger charge is 2.27. The molecule has 1 fully saturated rings. The van der Waals surface area contributed by atoms with Gasteiger partial charge in [-0.3, -0.25) is 14.5 Å². The first-order chi connectivity index (χ1) is 13.9. The van der Waals surface area contributed by atoms with E-state index in [0.717, 1.165) is 11.8 Å². The number of halogens is 2. The van der Waals surface area contributed by atoms with Gasteiger partial charge in [-0.2, -0.15) is 5.10 Å². The van der Waals surface area contributed by atoms with Gasteiger partial charge in [0, 0.05) is 51.4 Å². The minimum atomic E-state index is -0.597. The van der Waals surface area contributed by atoms with Gasteiger partial charge in [-0.15, -0.1) is 0 Å².